The van der Waals surface area contributed by atoms with Gasteiger partial charge < -0.3 is 4.74 Å². The third kappa shape index (κ3) is 6.86. The summed E-state index contributed by atoms with van der Waals surface area (Å²) in [4.78, 5) is 10.6. The fourth-order valence-electron chi connectivity index (χ4n) is 4.98. The SMILES string of the molecule is CC(=O)[C@@]1(C#N)CCO1.CCC1(C(NS(=O)(=O)CF)C(C)Cc2cccc(-c3cc(F)ccc3F)c2F)CC1. The van der Waals surface area contributed by atoms with Gasteiger partial charge in [-0.15, -0.1) is 0 Å². The number of nitrogens with one attached hydrogen (secondary N) is 1. The Hall–Kier alpha value is -2.81. The molecular formula is C28H32F4N2O4S. The summed E-state index contributed by atoms with van der Waals surface area (Å²) in [5.41, 5.74) is -1.32. The first-order valence-corrected chi connectivity index (χ1v) is 14.3. The van der Waals surface area contributed by atoms with Gasteiger partial charge in [-0.3, -0.25) is 4.79 Å². The summed E-state index contributed by atoms with van der Waals surface area (Å²) in [7, 11) is -4.08. The van der Waals surface area contributed by atoms with Crippen LogP contribution in [0.15, 0.2) is 36.4 Å². The van der Waals surface area contributed by atoms with Crippen molar-refractivity contribution in [1.29, 1.82) is 5.26 Å². The Morgan fingerprint density at radius 2 is 1.82 bits per heavy atom. The fourth-order valence-corrected chi connectivity index (χ4v) is 5.91. The Bertz CT molecular complexity index is 1350. The van der Waals surface area contributed by atoms with E-state index in [2.05, 4.69) is 4.72 Å². The normalized spacial score (nSPS) is 21.0. The number of hydrogen-bond donors (Lipinski definition) is 1. The molecule has 1 N–H and O–H groups in total. The highest BCUT2D eigenvalue weighted by Gasteiger charge is 2.50. The number of Topliss-reactive ketones (excluding diaryl/α,β-unsaturated/α-hetero) is 1. The Labute approximate surface area is 226 Å². The highest BCUT2D eigenvalue weighted by Crippen LogP contribution is 2.54. The van der Waals surface area contributed by atoms with Crippen molar-refractivity contribution in [2.45, 2.75) is 64.5 Å². The second kappa shape index (κ2) is 12.1. The molecule has 4 rings (SSSR count). The smallest absolute Gasteiger partial charge is 0.241 e. The summed E-state index contributed by atoms with van der Waals surface area (Å²) in [5.74, 6) is -2.62. The second-order valence-corrected chi connectivity index (χ2v) is 11.9. The molecule has 2 aromatic carbocycles. The van der Waals surface area contributed by atoms with E-state index in [1.165, 1.54) is 13.0 Å². The van der Waals surface area contributed by atoms with Crippen LogP contribution in [0.4, 0.5) is 17.6 Å². The molecule has 1 saturated heterocycles. The Kier molecular flexibility index (Phi) is 9.57. The number of carbonyl (C=O) groups is 1. The van der Waals surface area contributed by atoms with Gasteiger partial charge in [0.15, 0.2) is 5.78 Å². The van der Waals surface area contributed by atoms with Gasteiger partial charge in [0.05, 0.1) is 6.61 Å². The van der Waals surface area contributed by atoms with Crippen LogP contribution < -0.4 is 4.72 Å². The van der Waals surface area contributed by atoms with E-state index in [0.29, 0.717) is 19.4 Å². The van der Waals surface area contributed by atoms with Gasteiger partial charge in [-0.25, -0.2) is 30.7 Å². The minimum atomic E-state index is -4.08. The average molecular weight is 569 g/mol. The molecule has 1 saturated carbocycles. The molecule has 2 aromatic rings. The van der Waals surface area contributed by atoms with Crippen LogP contribution >= 0.6 is 0 Å². The number of sulfonamides is 1. The van der Waals surface area contributed by atoms with Crippen LogP contribution in [0.3, 0.4) is 0 Å². The molecule has 212 valence electrons. The van der Waals surface area contributed by atoms with E-state index >= 15 is 4.39 Å². The Balaban J connectivity index is 0.000000395. The van der Waals surface area contributed by atoms with E-state index in [1.807, 2.05) is 13.0 Å². The van der Waals surface area contributed by atoms with E-state index in [9.17, 15) is 26.4 Å². The molecule has 2 fully saturated rings. The number of halogens is 4. The van der Waals surface area contributed by atoms with Crippen molar-refractivity contribution in [3.8, 4) is 17.2 Å². The number of nitriles is 1. The fraction of sp³-hybridized carbons (Fsp3) is 0.500. The molecule has 0 bridgehead atoms. The molecule has 3 atom stereocenters. The maximum atomic E-state index is 15.2. The summed E-state index contributed by atoms with van der Waals surface area (Å²) in [6, 6.07) is 7.10. The maximum absolute atomic E-state index is 15.2. The summed E-state index contributed by atoms with van der Waals surface area (Å²) in [6.45, 7) is 5.65. The van der Waals surface area contributed by atoms with Crippen molar-refractivity contribution in [2.24, 2.45) is 11.3 Å². The molecule has 0 spiro atoms. The monoisotopic (exact) mass is 568 g/mol. The van der Waals surface area contributed by atoms with E-state index in [4.69, 9.17) is 10.00 Å². The van der Waals surface area contributed by atoms with E-state index in [-0.39, 0.29) is 40.2 Å². The molecule has 11 heteroatoms. The van der Waals surface area contributed by atoms with Crippen molar-refractivity contribution >= 4 is 15.8 Å². The van der Waals surface area contributed by atoms with Gasteiger partial charge in [-0.1, -0.05) is 32.0 Å². The molecule has 39 heavy (non-hydrogen) atoms. The van der Waals surface area contributed by atoms with E-state index in [1.54, 1.807) is 19.1 Å². The number of hydrogen-bond acceptors (Lipinski definition) is 5. The Morgan fingerprint density at radius 1 is 1.15 bits per heavy atom. The van der Waals surface area contributed by atoms with Crippen molar-refractivity contribution < 1.29 is 35.5 Å². The molecule has 1 aliphatic heterocycles. The van der Waals surface area contributed by atoms with Crippen LogP contribution in [0.1, 0.15) is 52.0 Å². The third-order valence-corrected chi connectivity index (χ3v) is 8.57. The second-order valence-electron chi connectivity index (χ2n) is 10.2. The maximum Gasteiger partial charge on any atom is 0.241 e. The zero-order valence-electron chi connectivity index (χ0n) is 22.1. The molecule has 0 aromatic heterocycles. The first kappa shape index (κ1) is 30.7. The molecular weight excluding hydrogens is 536 g/mol. The highest BCUT2D eigenvalue weighted by molar-refractivity contribution is 7.89. The topological polar surface area (TPSA) is 96.3 Å². The molecule has 2 aliphatic rings. The molecule has 6 nitrogen and oxygen atoms in total. The number of carbonyl (C=O) groups excluding carboxylic acids is 1. The van der Waals surface area contributed by atoms with Gasteiger partial charge in [0.25, 0.3) is 0 Å². The summed E-state index contributed by atoms with van der Waals surface area (Å²) in [6.07, 6.45) is 3.05. The van der Waals surface area contributed by atoms with Gasteiger partial charge in [-0.2, -0.15) is 5.26 Å². The van der Waals surface area contributed by atoms with Crippen LogP contribution in [0, 0.1) is 40.1 Å². The van der Waals surface area contributed by atoms with Crippen LogP contribution in [-0.2, 0) is 26.0 Å². The van der Waals surface area contributed by atoms with Gasteiger partial charge in [0.2, 0.25) is 21.6 Å². The van der Waals surface area contributed by atoms with E-state index in [0.717, 1.165) is 31.0 Å². The number of ether oxygens (including phenoxy) is 1. The van der Waals surface area contributed by atoms with Crippen molar-refractivity contribution in [3.63, 3.8) is 0 Å². The van der Waals surface area contributed by atoms with Crippen LogP contribution in [0.5, 0.6) is 0 Å². The Morgan fingerprint density at radius 3 is 2.28 bits per heavy atom. The minimum absolute atomic E-state index is 0.0609. The van der Waals surface area contributed by atoms with Gasteiger partial charge in [0, 0.05) is 23.6 Å². The van der Waals surface area contributed by atoms with Gasteiger partial charge >= 0.3 is 0 Å². The standard InChI is InChI=1S/C22H25F4NO2S.C6H7NO2/c1-3-22(9-10-22)21(27-30(28,29)13-23)14(2)11-15-5-4-6-17(20(15)26)18-12-16(24)7-8-19(18)25;1-5(8)6(4-7)2-3-9-6/h4-8,12,14,21,27H,3,9-11,13H2,1-2H3;2-3H2,1H3/t;6-/m.0/s1. The minimum Gasteiger partial charge on any atom is -0.353 e. The molecule has 2 unspecified atom stereocenters. The van der Waals surface area contributed by atoms with Gasteiger partial charge in [0.1, 0.15) is 23.5 Å². The molecule has 0 radical (unpaired) electrons. The summed E-state index contributed by atoms with van der Waals surface area (Å²) >= 11 is 0. The number of benzene rings is 2. The van der Waals surface area contributed by atoms with E-state index < -0.39 is 45.1 Å². The largest absolute Gasteiger partial charge is 0.353 e. The predicted octanol–water partition coefficient (Wildman–Crippen LogP) is 5.61. The number of alkyl halides is 1. The van der Waals surface area contributed by atoms with Crippen LogP contribution in [0.25, 0.3) is 11.1 Å². The molecule has 1 aliphatic carbocycles. The number of ketones is 1. The molecule has 1 heterocycles. The molecule has 0 amide bonds. The summed E-state index contributed by atoms with van der Waals surface area (Å²) in [5, 5.41) is 8.41. The third-order valence-electron chi connectivity index (χ3n) is 7.67. The quantitative estimate of drug-likeness (QED) is 0.376. The zero-order chi connectivity index (χ0) is 29.0. The number of nitrogens with zero attached hydrogens (tertiary/aromatic N) is 1. The van der Waals surface area contributed by atoms with Crippen molar-refractivity contribution in [3.05, 3.63) is 59.4 Å². The summed E-state index contributed by atoms with van der Waals surface area (Å²) < 4.78 is 86.9. The lowest BCUT2D eigenvalue weighted by atomic mass is 9.82. The highest BCUT2D eigenvalue weighted by atomic mass is 32.2. The zero-order valence-corrected chi connectivity index (χ0v) is 22.9. The van der Waals surface area contributed by atoms with Crippen LogP contribution in [-0.4, -0.2) is 38.5 Å². The first-order valence-electron chi connectivity index (χ1n) is 12.7. The van der Waals surface area contributed by atoms with Crippen molar-refractivity contribution in [2.75, 3.05) is 12.6 Å². The predicted molar refractivity (Wildman–Crippen MR) is 138 cm³/mol. The lowest BCUT2D eigenvalue weighted by molar-refractivity contribution is -0.155. The lowest BCUT2D eigenvalue weighted by Gasteiger charge is -2.32. The number of rotatable bonds is 10. The van der Waals surface area contributed by atoms with Gasteiger partial charge in [-0.05, 0) is 67.7 Å². The lowest BCUT2D eigenvalue weighted by Crippen LogP contribution is -2.48. The first-order chi connectivity index (χ1) is 18.3. The average Bonchev–Trinajstić information content (AvgIpc) is 3.66. The van der Waals surface area contributed by atoms with Crippen LogP contribution in [0.2, 0.25) is 0 Å². The van der Waals surface area contributed by atoms with Crippen molar-refractivity contribution in [1.82, 2.24) is 4.72 Å².